The highest BCUT2D eigenvalue weighted by Gasteiger charge is 2.22. The van der Waals surface area contributed by atoms with Gasteiger partial charge in [-0.25, -0.2) is 0 Å². The van der Waals surface area contributed by atoms with Gasteiger partial charge in [0.2, 0.25) is 5.88 Å². The van der Waals surface area contributed by atoms with Gasteiger partial charge in [-0.05, 0) is 68.8 Å². The highest BCUT2D eigenvalue weighted by atomic mass is 79.9. The standard InChI is InChI=1S/C24H25Br2N3O3/c25-20-13-18(15-27)14-21(26)24(20)30-12-4-7-28-8-10-29(11-9-28)23-17-31-22(16-32-23)19-5-2-1-3-6-19/h1-2,5,13-14,16-17H,3-4,6-12H2. The summed E-state index contributed by atoms with van der Waals surface area (Å²) in [5.74, 6) is 2.32. The van der Waals surface area contributed by atoms with E-state index in [0.29, 0.717) is 12.2 Å². The van der Waals surface area contributed by atoms with Gasteiger partial charge in [0.15, 0.2) is 12.0 Å². The zero-order valence-corrected chi connectivity index (χ0v) is 20.9. The topological polar surface area (TPSA) is 58.0 Å². The maximum atomic E-state index is 9.04. The molecule has 6 nitrogen and oxygen atoms in total. The van der Waals surface area contributed by atoms with Gasteiger partial charge in [-0.2, -0.15) is 5.26 Å². The average molecular weight is 563 g/mol. The van der Waals surface area contributed by atoms with Crippen LogP contribution in [-0.2, 0) is 9.47 Å². The van der Waals surface area contributed by atoms with E-state index in [1.165, 1.54) is 5.57 Å². The number of halogens is 2. The highest BCUT2D eigenvalue weighted by molar-refractivity contribution is 9.11. The Bertz CT molecular complexity index is 979. The van der Waals surface area contributed by atoms with Crippen LogP contribution < -0.4 is 4.74 Å². The van der Waals surface area contributed by atoms with Crippen molar-refractivity contribution in [2.24, 2.45) is 0 Å². The third kappa shape index (κ3) is 5.77. The molecule has 1 aliphatic carbocycles. The second-order valence-electron chi connectivity index (χ2n) is 7.74. The van der Waals surface area contributed by atoms with Crippen LogP contribution in [0.4, 0.5) is 0 Å². The summed E-state index contributed by atoms with van der Waals surface area (Å²) in [6, 6.07) is 5.68. The molecule has 0 spiro atoms. The molecule has 0 bridgehead atoms. The van der Waals surface area contributed by atoms with Gasteiger partial charge < -0.3 is 19.1 Å². The molecule has 0 amide bonds. The van der Waals surface area contributed by atoms with Gasteiger partial charge in [-0.1, -0.05) is 18.2 Å². The number of hydrogen-bond donors (Lipinski definition) is 0. The summed E-state index contributed by atoms with van der Waals surface area (Å²) in [4.78, 5) is 4.66. The number of allylic oxidation sites excluding steroid dienone is 4. The summed E-state index contributed by atoms with van der Waals surface area (Å²) in [7, 11) is 0. The Balaban J connectivity index is 1.17. The van der Waals surface area contributed by atoms with Gasteiger partial charge >= 0.3 is 0 Å². The van der Waals surface area contributed by atoms with Crippen LogP contribution >= 0.6 is 31.9 Å². The van der Waals surface area contributed by atoms with E-state index in [0.717, 1.165) is 78.3 Å². The monoisotopic (exact) mass is 561 g/mol. The summed E-state index contributed by atoms with van der Waals surface area (Å²) >= 11 is 6.96. The van der Waals surface area contributed by atoms with Crippen LogP contribution in [-0.4, -0.2) is 49.1 Å². The minimum absolute atomic E-state index is 0.589. The van der Waals surface area contributed by atoms with Crippen LogP contribution in [0.3, 0.4) is 0 Å². The maximum Gasteiger partial charge on any atom is 0.231 e. The van der Waals surface area contributed by atoms with E-state index in [-0.39, 0.29) is 0 Å². The molecule has 1 aromatic carbocycles. The van der Waals surface area contributed by atoms with Crippen molar-refractivity contribution in [2.75, 3.05) is 39.3 Å². The van der Waals surface area contributed by atoms with Crippen molar-refractivity contribution in [3.63, 3.8) is 0 Å². The largest absolute Gasteiger partial charge is 0.491 e. The molecule has 0 saturated carbocycles. The molecule has 32 heavy (non-hydrogen) atoms. The Morgan fingerprint density at radius 3 is 2.47 bits per heavy atom. The SMILES string of the molecule is N#Cc1cc(Br)c(OCCCN2CCN(C3=COC(C4=CC=CCC4)=CO3)CC2)c(Br)c1. The Morgan fingerprint density at radius 2 is 1.84 bits per heavy atom. The Labute approximate surface area is 205 Å². The molecule has 0 unspecified atom stereocenters. The zero-order valence-electron chi connectivity index (χ0n) is 17.7. The van der Waals surface area contributed by atoms with Crippen molar-refractivity contribution < 1.29 is 14.2 Å². The number of nitriles is 1. The van der Waals surface area contributed by atoms with Crippen molar-refractivity contribution in [1.29, 1.82) is 5.26 Å². The summed E-state index contributed by atoms with van der Waals surface area (Å²) in [5, 5.41) is 9.04. The van der Waals surface area contributed by atoms with Crippen molar-refractivity contribution in [1.82, 2.24) is 9.80 Å². The van der Waals surface area contributed by atoms with E-state index in [2.05, 4.69) is 66.0 Å². The van der Waals surface area contributed by atoms with Crippen LogP contribution in [0.15, 0.2) is 69.0 Å². The summed E-state index contributed by atoms with van der Waals surface area (Å²) in [6.45, 7) is 5.33. The van der Waals surface area contributed by atoms with Crippen molar-refractivity contribution in [3.05, 3.63) is 74.6 Å². The zero-order chi connectivity index (χ0) is 22.3. The lowest BCUT2D eigenvalue weighted by Gasteiger charge is -2.36. The maximum absolute atomic E-state index is 9.04. The van der Waals surface area contributed by atoms with E-state index in [1.807, 2.05) is 0 Å². The molecule has 3 aliphatic rings. The number of ether oxygens (including phenoxy) is 3. The predicted molar refractivity (Wildman–Crippen MR) is 129 cm³/mol. The fourth-order valence-electron chi connectivity index (χ4n) is 3.81. The van der Waals surface area contributed by atoms with Gasteiger partial charge in [0.1, 0.15) is 12.0 Å². The van der Waals surface area contributed by atoms with E-state index in [4.69, 9.17) is 19.5 Å². The van der Waals surface area contributed by atoms with Crippen molar-refractivity contribution in [3.8, 4) is 11.8 Å². The van der Waals surface area contributed by atoms with E-state index >= 15 is 0 Å². The smallest absolute Gasteiger partial charge is 0.231 e. The van der Waals surface area contributed by atoms with Gasteiger partial charge in [0, 0.05) is 32.7 Å². The third-order valence-corrected chi connectivity index (χ3v) is 6.76. The highest BCUT2D eigenvalue weighted by Crippen LogP contribution is 2.34. The van der Waals surface area contributed by atoms with Crippen molar-refractivity contribution in [2.45, 2.75) is 19.3 Å². The first-order valence-electron chi connectivity index (χ1n) is 10.7. The van der Waals surface area contributed by atoms with E-state index in [1.54, 1.807) is 24.7 Å². The Hall–Kier alpha value is -2.21. The summed E-state index contributed by atoms with van der Waals surface area (Å²) in [5.41, 5.74) is 1.77. The molecule has 1 saturated heterocycles. The van der Waals surface area contributed by atoms with Gasteiger partial charge in [0.25, 0.3) is 0 Å². The fraction of sp³-hybridized carbons (Fsp3) is 0.375. The Morgan fingerprint density at radius 1 is 1.06 bits per heavy atom. The van der Waals surface area contributed by atoms with Crippen LogP contribution in [0.2, 0.25) is 0 Å². The number of hydrogen-bond acceptors (Lipinski definition) is 6. The summed E-state index contributed by atoms with van der Waals surface area (Å²) < 4.78 is 19.2. The molecule has 168 valence electrons. The molecule has 2 heterocycles. The first kappa shape index (κ1) is 23.0. The molecular formula is C24H25Br2N3O3. The quantitative estimate of drug-likeness (QED) is 0.413. The van der Waals surface area contributed by atoms with Crippen LogP contribution in [0.25, 0.3) is 0 Å². The second kappa shape index (κ2) is 11.1. The lowest BCUT2D eigenvalue weighted by Crippen LogP contribution is -2.46. The Kier molecular flexibility index (Phi) is 7.95. The second-order valence-corrected chi connectivity index (χ2v) is 9.45. The van der Waals surface area contributed by atoms with Crippen LogP contribution in [0.1, 0.15) is 24.8 Å². The number of piperazine rings is 1. The first-order chi connectivity index (χ1) is 15.6. The molecule has 0 N–H and O–H groups in total. The first-order valence-corrected chi connectivity index (χ1v) is 12.3. The number of nitrogens with zero attached hydrogens (tertiary/aromatic N) is 3. The fourth-order valence-corrected chi connectivity index (χ4v) is 5.22. The van der Waals surface area contributed by atoms with Crippen LogP contribution in [0, 0.1) is 11.3 Å². The van der Waals surface area contributed by atoms with Gasteiger partial charge in [-0.3, -0.25) is 4.90 Å². The lowest BCUT2D eigenvalue weighted by molar-refractivity contribution is 0.0823. The van der Waals surface area contributed by atoms with Crippen molar-refractivity contribution >= 4 is 31.9 Å². The molecule has 8 heteroatoms. The summed E-state index contributed by atoms with van der Waals surface area (Å²) in [6.07, 6.45) is 12.7. The lowest BCUT2D eigenvalue weighted by atomic mass is 10.0. The minimum Gasteiger partial charge on any atom is -0.491 e. The molecule has 1 aromatic rings. The van der Waals surface area contributed by atoms with Gasteiger partial charge in [0.05, 0.1) is 27.2 Å². The molecule has 0 aromatic heterocycles. The molecular weight excluding hydrogens is 538 g/mol. The molecule has 4 rings (SSSR count). The average Bonchev–Trinajstić information content (AvgIpc) is 2.84. The molecule has 1 fully saturated rings. The van der Waals surface area contributed by atoms with Gasteiger partial charge in [-0.15, -0.1) is 0 Å². The number of benzene rings is 1. The van der Waals surface area contributed by atoms with E-state index in [9.17, 15) is 0 Å². The normalized spacial score (nSPS) is 18.7. The number of rotatable bonds is 7. The minimum atomic E-state index is 0.589. The molecule has 0 radical (unpaired) electrons. The molecule has 2 aliphatic heterocycles. The molecule has 0 atom stereocenters. The third-order valence-electron chi connectivity index (χ3n) is 5.58. The van der Waals surface area contributed by atoms with E-state index < -0.39 is 0 Å². The van der Waals surface area contributed by atoms with Crippen LogP contribution in [0.5, 0.6) is 5.75 Å². The predicted octanol–water partition coefficient (Wildman–Crippen LogP) is 5.43.